The van der Waals surface area contributed by atoms with Gasteiger partial charge in [0.05, 0.1) is 10.5 Å². The lowest BCUT2D eigenvalue weighted by molar-refractivity contribution is -0.385. The van der Waals surface area contributed by atoms with Gasteiger partial charge in [-0.1, -0.05) is 13.3 Å². The normalized spacial score (nSPS) is 10.2. The third-order valence-corrected chi connectivity index (χ3v) is 3.00. The first-order valence-electron chi connectivity index (χ1n) is 6.66. The van der Waals surface area contributed by atoms with E-state index in [1.807, 2.05) is 13.8 Å². The zero-order chi connectivity index (χ0) is 15.1. The van der Waals surface area contributed by atoms with Crippen molar-refractivity contribution in [3.8, 4) is 0 Å². The second-order valence-corrected chi connectivity index (χ2v) is 4.34. The minimum Gasteiger partial charge on any atom is -0.372 e. The smallest absolute Gasteiger partial charge is 0.288 e. The average Bonchev–Trinajstić information content (AvgIpc) is 2.46. The molecule has 1 N–H and O–H groups in total. The number of aromatic nitrogens is 1. The first kappa shape index (κ1) is 15.9. The standard InChI is InChI=1S/C13H20N4O3/c1-4-6-7-16(5-2)13(18)11-8-10(17(19)20)9-15-12(11)14-3/h8-9H,4-7H2,1-3H3,(H,14,15). The minimum atomic E-state index is -0.550. The number of carbonyl (C=O) groups excluding carboxylic acids is 1. The number of nitro groups is 1. The summed E-state index contributed by atoms with van der Waals surface area (Å²) in [5, 5.41) is 13.6. The second kappa shape index (κ2) is 7.42. The molecule has 0 bridgehead atoms. The van der Waals surface area contributed by atoms with Gasteiger partial charge in [0.2, 0.25) is 0 Å². The fourth-order valence-electron chi connectivity index (χ4n) is 1.84. The number of carbonyl (C=O) groups is 1. The first-order chi connectivity index (χ1) is 9.54. The van der Waals surface area contributed by atoms with E-state index in [9.17, 15) is 14.9 Å². The Morgan fingerprint density at radius 3 is 2.70 bits per heavy atom. The highest BCUT2D eigenvalue weighted by Crippen LogP contribution is 2.20. The first-order valence-corrected chi connectivity index (χ1v) is 6.66. The number of pyridine rings is 1. The van der Waals surface area contributed by atoms with Gasteiger partial charge in [0.15, 0.2) is 0 Å². The molecule has 1 heterocycles. The van der Waals surface area contributed by atoms with Gasteiger partial charge in [-0.3, -0.25) is 14.9 Å². The third kappa shape index (κ3) is 3.66. The number of nitrogens with one attached hydrogen (secondary N) is 1. The van der Waals surface area contributed by atoms with Gasteiger partial charge in [-0.15, -0.1) is 0 Å². The second-order valence-electron chi connectivity index (χ2n) is 4.34. The van der Waals surface area contributed by atoms with Crippen molar-refractivity contribution in [2.45, 2.75) is 26.7 Å². The maximum atomic E-state index is 12.5. The summed E-state index contributed by atoms with van der Waals surface area (Å²) in [5.41, 5.74) is 0.0542. The minimum absolute atomic E-state index is 0.182. The van der Waals surface area contributed by atoms with E-state index in [2.05, 4.69) is 10.3 Å². The Bertz CT molecular complexity index is 491. The highest BCUT2D eigenvalue weighted by Gasteiger charge is 2.21. The molecule has 0 saturated heterocycles. The Morgan fingerprint density at radius 2 is 2.20 bits per heavy atom. The molecule has 1 aromatic rings. The van der Waals surface area contributed by atoms with Crippen molar-refractivity contribution in [1.82, 2.24) is 9.88 Å². The van der Waals surface area contributed by atoms with E-state index in [4.69, 9.17) is 0 Å². The Kier molecular flexibility index (Phi) is 5.89. The third-order valence-electron chi connectivity index (χ3n) is 3.00. The highest BCUT2D eigenvalue weighted by molar-refractivity contribution is 5.99. The fraction of sp³-hybridized carbons (Fsp3) is 0.538. The van der Waals surface area contributed by atoms with E-state index >= 15 is 0 Å². The molecule has 0 spiro atoms. The van der Waals surface area contributed by atoms with E-state index in [0.29, 0.717) is 18.9 Å². The molecule has 0 unspecified atom stereocenters. The molecule has 0 fully saturated rings. The van der Waals surface area contributed by atoms with Crippen LogP contribution < -0.4 is 5.32 Å². The SMILES string of the molecule is CCCCN(CC)C(=O)c1cc([N+](=O)[O-])cnc1NC. The summed E-state index contributed by atoms with van der Waals surface area (Å²) in [6, 6.07) is 1.27. The van der Waals surface area contributed by atoms with Gasteiger partial charge in [-0.2, -0.15) is 0 Å². The van der Waals surface area contributed by atoms with Crippen molar-refractivity contribution in [2.24, 2.45) is 0 Å². The molecule has 0 aromatic carbocycles. The molecule has 1 rings (SSSR count). The number of rotatable bonds is 7. The van der Waals surface area contributed by atoms with E-state index in [1.165, 1.54) is 6.07 Å². The van der Waals surface area contributed by atoms with Crippen molar-refractivity contribution >= 4 is 17.4 Å². The van der Waals surface area contributed by atoms with Crippen LogP contribution in [0.2, 0.25) is 0 Å². The van der Waals surface area contributed by atoms with E-state index in [1.54, 1.807) is 11.9 Å². The van der Waals surface area contributed by atoms with Crippen molar-refractivity contribution in [3.63, 3.8) is 0 Å². The van der Waals surface area contributed by atoms with Crippen molar-refractivity contribution in [2.75, 3.05) is 25.5 Å². The van der Waals surface area contributed by atoms with E-state index in [-0.39, 0.29) is 17.2 Å². The summed E-state index contributed by atoms with van der Waals surface area (Å²) in [7, 11) is 1.63. The molecular formula is C13H20N4O3. The van der Waals surface area contributed by atoms with Crippen LogP contribution in [0.3, 0.4) is 0 Å². The Labute approximate surface area is 118 Å². The molecule has 0 atom stereocenters. The van der Waals surface area contributed by atoms with Crippen LogP contribution in [0.5, 0.6) is 0 Å². The van der Waals surface area contributed by atoms with Crippen LogP contribution in [0.1, 0.15) is 37.0 Å². The number of amides is 1. The highest BCUT2D eigenvalue weighted by atomic mass is 16.6. The lowest BCUT2D eigenvalue weighted by atomic mass is 10.2. The molecule has 1 amide bonds. The van der Waals surface area contributed by atoms with Crippen molar-refractivity contribution < 1.29 is 9.72 Å². The molecule has 110 valence electrons. The number of hydrogen-bond donors (Lipinski definition) is 1. The van der Waals surface area contributed by atoms with Gasteiger partial charge in [0.1, 0.15) is 12.0 Å². The topological polar surface area (TPSA) is 88.4 Å². The fourth-order valence-corrected chi connectivity index (χ4v) is 1.84. The molecule has 0 saturated carbocycles. The molecule has 7 heteroatoms. The summed E-state index contributed by atoms with van der Waals surface area (Å²) >= 11 is 0. The molecule has 0 aliphatic heterocycles. The van der Waals surface area contributed by atoms with Crippen LogP contribution in [0.15, 0.2) is 12.3 Å². The summed E-state index contributed by atoms with van der Waals surface area (Å²) < 4.78 is 0. The summed E-state index contributed by atoms with van der Waals surface area (Å²) in [4.78, 5) is 28.3. The van der Waals surface area contributed by atoms with Crippen LogP contribution in [0.25, 0.3) is 0 Å². The lowest BCUT2D eigenvalue weighted by Crippen LogP contribution is -2.32. The van der Waals surface area contributed by atoms with E-state index < -0.39 is 4.92 Å². The van der Waals surface area contributed by atoms with Crippen LogP contribution >= 0.6 is 0 Å². The van der Waals surface area contributed by atoms with Gasteiger partial charge < -0.3 is 10.2 Å². The Morgan fingerprint density at radius 1 is 1.50 bits per heavy atom. The number of hydrogen-bond acceptors (Lipinski definition) is 5. The Hall–Kier alpha value is -2.18. The van der Waals surface area contributed by atoms with Gasteiger partial charge in [-0.05, 0) is 13.3 Å². The van der Waals surface area contributed by atoms with Gasteiger partial charge in [-0.25, -0.2) is 4.98 Å². The number of nitrogens with zero attached hydrogens (tertiary/aromatic N) is 3. The summed E-state index contributed by atoms with van der Waals surface area (Å²) in [5.74, 6) is 0.122. The molecule has 0 radical (unpaired) electrons. The van der Waals surface area contributed by atoms with Gasteiger partial charge >= 0.3 is 0 Å². The maximum Gasteiger partial charge on any atom is 0.288 e. The predicted molar refractivity (Wildman–Crippen MR) is 76.9 cm³/mol. The zero-order valence-electron chi connectivity index (χ0n) is 12.0. The molecule has 20 heavy (non-hydrogen) atoms. The molecule has 0 aliphatic rings. The molecule has 1 aromatic heterocycles. The van der Waals surface area contributed by atoms with Crippen LogP contribution in [-0.4, -0.2) is 40.9 Å². The quantitative estimate of drug-likeness (QED) is 0.611. The number of unbranched alkanes of at least 4 members (excludes halogenated alkanes) is 1. The Balaban J connectivity index is 3.10. The molecule has 7 nitrogen and oxygen atoms in total. The monoisotopic (exact) mass is 280 g/mol. The van der Waals surface area contributed by atoms with E-state index in [0.717, 1.165) is 19.0 Å². The van der Waals surface area contributed by atoms with Crippen LogP contribution in [-0.2, 0) is 0 Å². The summed E-state index contributed by atoms with van der Waals surface area (Å²) in [6.07, 6.45) is 3.03. The summed E-state index contributed by atoms with van der Waals surface area (Å²) in [6.45, 7) is 5.13. The molecule has 0 aliphatic carbocycles. The van der Waals surface area contributed by atoms with Crippen molar-refractivity contribution in [3.05, 3.63) is 27.9 Å². The number of anilines is 1. The van der Waals surface area contributed by atoms with Crippen LogP contribution in [0.4, 0.5) is 11.5 Å². The maximum absolute atomic E-state index is 12.5. The largest absolute Gasteiger partial charge is 0.372 e. The average molecular weight is 280 g/mol. The van der Waals surface area contributed by atoms with Gasteiger partial charge in [0, 0.05) is 26.2 Å². The lowest BCUT2D eigenvalue weighted by Gasteiger charge is -2.21. The molecular weight excluding hydrogens is 260 g/mol. The predicted octanol–water partition coefficient (Wildman–Crippen LogP) is 2.29. The van der Waals surface area contributed by atoms with Crippen LogP contribution in [0, 0.1) is 10.1 Å². The van der Waals surface area contributed by atoms with Gasteiger partial charge in [0.25, 0.3) is 11.6 Å². The van der Waals surface area contributed by atoms with Crippen molar-refractivity contribution in [1.29, 1.82) is 0 Å². The zero-order valence-corrected chi connectivity index (χ0v) is 12.0.